The number of likely N-dealkylation sites (tertiary alicyclic amines) is 1. The summed E-state index contributed by atoms with van der Waals surface area (Å²) in [5.41, 5.74) is 5.66. The van der Waals surface area contributed by atoms with Gasteiger partial charge in [-0.3, -0.25) is 9.59 Å². The van der Waals surface area contributed by atoms with Gasteiger partial charge in [-0.25, -0.2) is 0 Å². The number of nitrogens with one attached hydrogen (secondary N) is 1. The quantitative estimate of drug-likeness (QED) is 0.605. The van der Waals surface area contributed by atoms with Crippen LogP contribution in [0.1, 0.15) is 36.2 Å². The second-order valence-corrected chi connectivity index (χ2v) is 8.15. The first-order chi connectivity index (χ1) is 14.1. The van der Waals surface area contributed by atoms with Crippen LogP contribution in [0.25, 0.3) is 10.6 Å². The fraction of sp³-hybridized carbons (Fsp3) is 0.500. The van der Waals surface area contributed by atoms with E-state index in [9.17, 15) is 14.9 Å². The Bertz CT molecular complexity index is 858. The molecule has 0 unspecified atom stereocenters. The van der Waals surface area contributed by atoms with E-state index in [4.69, 9.17) is 10.3 Å². The molecule has 0 saturated carbocycles. The lowest BCUT2D eigenvalue weighted by Crippen LogP contribution is -2.44. The van der Waals surface area contributed by atoms with E-state index in [1.807, 2.05) is 17.5 Å². The van der Waals surface area contributed by atoms with Gasteiger partial charge in [0.1, 0.15) is 0 Å². The summed E-state index contributed by atoms with van der Waals surface area (Å²) >= 11 is 1.53. The van der Waals surface area contributed by atoms with E-state index in [1.54, 1.807) is 6.07 Å². The molecule has 3 heterocycles. The average Bonchev–Trinajstić information content (AvgIpc) is 3.41. The lowest BCUT2D eigenvalue weighted by atomic mass is 9.86. The van der Waals surface area contributed by atoms with Crippen molar-refractivity contribution >= 4 is 23.2 Å². The Balaban J connectivity index is 1.31. The van der Waals surface area contributed by atoms with E-state index in [-0.39, 0.29) is 29.3 Å². The van der Waals surface area contributed by atoms with Crippen molar-refractivity contribution in [3.8, 4) is 16.7 Å². The number of thiophene rings is 1. The predicted molar refractivity (Wildman–Crippen MR) is 109 cm³/mol. The fourth-order valence-electron chi connectivity index (χ4n) is 3.54. The molecule has 9 heteroatoms. The maximum atomic E-state index is 12.2. The molecule has 2 aromatic heterocycles. The van der Waals surface area contributed by atoms with Gasteiger partial charge in [0.05, 0.1) is 22.8 Å². The summed E-state index contributed by atoms with van der Waals surface area (Å²) < 4.78 is 5.22. The third kappa shape index (κ3) is 5.65. The molecule has 0 bridgehead atoms. The lowest BCUT2D eigenvalue weighted by molar-refractivity contribution is -0.124. The molecule has 8 nitrogen and oxygen atoms in total. The summed E-state index contributed by atoms with van der Waals surface area (Å²) in [6.45, 7) is 2.84. The highest BCUT2D eigenvalue weighted by Crippen LogP contribution is 2.25. The highest BCUT2D eigenvalue weighted by atomic mass is 32.1. The van der Waals surface area contributed by atoms with Crippen LogP contribution in [-0.4, -0.2) is 48.0 Å². The van der Waals surface area contributed by atoms with Gasteiger partial charge in [0.25, 0.3) is 5.91 Å². The van der Waals surface area contributed by atoms with Crippen LogP contribution < -0.4 is 11.1 Å². The Kier molecular flexibility index (Phi) is 7.38. The Morgan fingerprint density at radius 2 is 2.28 bits per heavy atom. The highest BCUT2D eigenvalue weighted by molar-refractivity contribution is 7.13. The van der Waals surface area contributed by atoms with E-state index >= 15 is 0 Å². The molecule has 29 heavy (non-hydrogen) atoms. The first kappa shape index (κ1) is 21.0. The third-order valence-corrected chi connectivity index (χ3v) is 6.06. The van der Waals surface area contributed by atoms with E-state index in [0.29, 0.717) is 25.3 Å². The molecule has 1 fully saturated rings. The molecular weight excluding hydrogens is 390 g/mol. The zero-order valence-electron chi connectivity index (χ0n) is 16.2. The topological polar surface area (TPSA) is 125 Å². The molecule has 0 spiro atoms. The molecule has 0 aromatic carbocycles. The van der Waals surface area contributed by atoms with Crippen molar-refractivity contribution < 1.29 is 14.1 Å². The minimum Gasteiger partial charge on any atom is -0.369 e. The standard InChI is InChI=1S/C20H25N5O3S/c21-12-14-13-25(9-6-15(14)19(22)26)8-3-1-2-7-23-20(27)16-11-17(28-24-16)18-5-4-10-29-18/h4-5,10-11,14-15H,1-3,6-9,13H2,(H2,22,26)(H,23,27)/t14-,15+/m1/s1. The van der Waals surface area contributed by atoms with Gasteiger partial charge in [-0.15, -0.1) is 11.3 Å². The molecule has 1 aliphatic rings. The van der Waals surface area contributed by atoms with Crippen molar-refractivity contribution in [2.24, 2.45) is 17.6 Å². The Labute approximate surface area is 173 Å². The van der Waals surface area contributed by atoms with E-state index in [0.717, 1.165) is 37.2 Å². The zero-order chi connectivity index (χ0) is 20.6. The van der Waals surface area contributed by atoms with Crippen LogP contribution in [0.15, 0.2) is 28.1 Å². The van der Waals surface area contributed by atoms with Crippen molar-refractivity contribution in [3.05, 3.63) is 29.3 Å². The molecule has 0 aliphatic carbocycles. The van der Waals surface area contributed by atoms with Gasteiger partial charge in [-0.05, 0) is 43.8 Å². The number of rotatable bonds is 9. The van der Waals surface area contributed by atoms with Crippen LogP contribution in [-0.2, 0) is 4.79 Å². The number of carbonyl (C=O) groups excluding carboxylic acids is 2. The van der Waals surface area contributed by atoms with E-state index in [1.165, 1.54) is 11.3 Å². The summed E-state index contributed by atoms with van der Waals surface area (Å²) in [5, 5.41) is 17.9. The van der Waals surface area contributed by atoms with Crippen LogP contribution in [0, 0.1) is 23.2 Å². The summed E-state index contributed by atoms with van der Waals surface area (Å²) in [5.74, 6) is -0.658. The number of carbonyl (C=O) groups is 2. The number of nitriles is 1. The highest BCUT2D eigenvalue weighted by Gasteiger charge is 2.32. The maximum Gasteiger partial charge on any atom is 0.273 e. The molecule has 1 saturated heterocycles. The number of primary amides is 1. The number of unbranched alkanes of at least 4 members (excludes halogenated alkanes) is 2. The van der Waals surface area contributed by atoms with E-state index in [2.05, 4.69) is 21.4 Å². The minimum atomic E-state index is -0.374. The monoisotopic (exact) mass is 415 g/mol. The lowest BCUT2D eigenvalue weighted by Gasteiger charge is -2.33. The Morgan fingerprint density at radius 3 is 3.00 bits per heavy atom. The molecule has 3 rings (SSSR count). The summed E-state index contributed by atoms with van der Waals surface area (Å²) in [7, 11) is 0. The second-order valence-electron chi connectivity index (χ2n) is 7.20. The maximum absolute atomic E-state index is 12.2. The molecule has 154 valence electrons. The van der Waals surface area contributed by atoms with Crippen LogP contribution in [0.2, 0.25) is 0 Å². The van der Waals surface area contributed by atoms with Crippen molar-refractivity contribution in [2.75, 3.05) is 26.2 Å². The first-order valence-corrected chi connectivity index (χ1v) is 10.7. The van der Waals surface area contributed by atoms with Gasteiger partial charge >= 0.3 is 0 Å². The van der Waals surface area contributed by atoms with Crippen molar-refractivity contribution in [2.45, 2.75) is 25.7 Å². The number of nitrogens with zero attached hydrogens (tertiary/aromatic N) is 3. The van der Waals surface area contributed by atoms with Gasteiger partial charge < -0.3 is 20.5 Å². The summed E-state index contributed by atoms with van der Waals surface area (Å²) in [6.07, 6.45) is 3.45. The SMILES string of the molecule is N#C[C@@H]1CN(CCCCCNC(=O)c2cc(-c3cccs3)on2)CC[C@@H]1C(N)=O. The van der Waals surface area contributed by atoms with E-state index < -0.39 is 0 Å². The second kappa shape index (κ2) is 10.2. The summed E-state index contributed by atoms with van der Waals surface area (Å²) in [6, 6.07) is 7.70. The first-order valence-electron chi connectivity index (χ1n) is 9.78. The van der Waals surface area contributed by atoms with Gasteiger partial charge in [-0.1, -0.05) is 17.6 Å². The number of hydrogen-bond donors (Lipinski definition) is 2. The molecular formula is C20H25N5O3S. The number of aromatic nitrogens is 1. The third-order valence-electron chi connectivity index (χ3n) is 5.17. The molecule has 2 aromatic rings. The molecule has 0 radical (unpaired) electrons. The predicted octanol–water partition coefficient (Wildman–Crippen LogP) is 2.25. The van der Waals surface area contributed by atoms with Crippen molar-refractivity contribution in [1.29, 1.82) is 5.26 Å². The molecule has 3 N–H and O–H groups in total. The average molecular weight is 416 g/mol. The van der Waals surface area contributed by atoms with Gasteiger partial charge in [0.2, 0.25) is 5.91 Å². The number of piperidine rings is 1. The Morgan fingerprint density at radius 1 is 1.41 bits per heavy atom. The minimum absolute atomic E-state index is 0.234. The van der Waals surface area contributed by atoms with Crippen LogP contribution in [0.5, 0.6) is 0 Å². The molecule has 2 atom stereocenters. The van der Waals surface area contributed by atoms with Crippen LogP contribution >= 0.6 is 11.3 Å². The normalized spacial score (nSPS) is 19.6. The van der Waals surface area contributed by atoms with Crippen molar-refractivity contribution in [1.82, 2.24) is 15.4 Å². The van der Waals surface area contributed by atoms with Crippen LogP contribution in [0.3, 0.4) is 0 Å². The largest absolute Gasteiger partial charge is 0.369 e. The van der Waals surface area contributed by atoms with Gasteiger partial charge in [-0.2, -0.15) is 5.26 Å². The smallest absolute Gasteiger partial charge is 0.273 e. The van der Waals surface area contributed by atoms with Crippen molar-refractivity contribution in [3.63, 3.8) is 0 Å². The van der Waals surface area contributed by atoms with Gasteiger partial charge in [0, 0.05) is 19.2 Å². The van der Waals surface area contributed by atoms with Gasteiger partial charge in [0.15, 0.2) is 11.5 Å². The molecule has 1 aliphatic heterocycles. The van der Waals surface area contributed by atoms with Crippen LogP contribution in [0.4, 0.5) is 0 Å². The fourth-order valence-corrected chi connectivity index (χ4v) is 4.21. The summed E-state index contributed by atoms with van der Waals surface area (Å²) in [4.78, 5) is 26.7. The Hall–Kier alpha value is -2.70. The number of nitrogens with two attached hydrogens (primary N) is 1. The number of hydrogen-bond acceptors (Lipinski definition) is 7. The molecule has 2 amide bonds. The number of amides is 2. The zero-order valence-corrected chi connectivity index (χ0v) is 17.0.